The van der Waals surface area contributed by atoms with E-state index >= 15 is 0 Å². The van der Waals surface area contributed by atoms with E-state index < -0.39 is 73.1 Å². The first-order chi connectivity index (χ1) is 18.4. The van der Waals surface area contributed by atoms with Gasteiger partial charge in [0.25, 0.3) is 6.04 Å². The number of carboxylic acids is 3. The Balaban J connectivity index is 1.66. The van der Waals surface area contributed by atoms with E-state index in [9.17, 15) is 55.2 Å². The molecule has 0 aromatic heterocycles. The predicted octanol–water partition coefficient (Wildman–Crippen LogP) is -2.36. The molecule has 0 radical (unpaired) electrons. The van der Waals surface area contributed by atoms with Crippen molar-refractivity contribution < 1.29 is 69.3 Å². The van der Waals surface area contributed by atoms with E-state index in [-0.39, 0.29) is 30.0 Å². The molecule has 4 rings (SSSR count). The molecule has 0 saturated carbocycles. The zero-order valence-electron chi connectivity index (χ0n) is 20.1. The van der Waals surface area contributed by atoms with Crippen LogP contribution in [0.5, 0.6) is 11.5 Å². The lowest BCUT2D eigenvalue weighted by Gasteiger charge is -2.39. The number of carbonyl (C=O) groups is 3. The average Bonchev–Trinajstić information content (AvgIpc) is 3.24. The van der Waals surface area contributed by atoms with Gasteiger partial charge in [-0.15, -0.1) is 0 Å². The van der Waals surface area contributed by atoms with Gasteiger partial charge in [-0.2, -0.15) is 4.58 Å². The number of ether oxygens (including phenoxy) is 2. The fourth-order valence-electron chi connectivity index (χ4n) is 4.58. The van der Waals surface area contributed by atoms with E-state index in [1.807, 2.05) is 0 Å². The number of allylic oxidation sites excluding steroid dienone is 2. The molecule has 1 aromatic rings. The first-order valence-electron chi connectivity index (χ1n) is 11.7. The number of nitrogens with zero attached hydrogens (tertiary/aromatic N) is 1. The Morgan fingerprint density at radius 2 is 1.77 bits per heavy atom. The summed E-state index contributed by atoms with van der Waals surface area (Å²) in [7, 11) is 0. The van der Waals surface area contributed by atoms with Gasteiger partial charge in [0.15, 0.2) is 17.7 Å². The van der Waals surface area contributed by atoms with E-state index in [0.29, 0.717) is 11.1 Å². The third kappa shape index (κ3) is 5.57. The first-order valence-corrected chi connectivity index (χ1v) is 11.7. The highest BCUT2D eigenvalue weighted by molar-refractivity contribution is 5.89. The molecular formula is C24H27N2O13+. The lowest BCUT2D eigenvalue weighted by Crippen LogP contribution is -2.60. The number of benzene rings is 1. The molecule has 3 heterocycles. The van der Waals surface area contributed by atoms with Crippen LogP contribution < -0.4 is 10.1 Å². The van der Waals surface area contributed by atoms with Crippen molar-refractivity contribution in [1.29, 1.82) is 0 Å². The van der Waals surface area contributed by atoms with Crippen LogP contribution in [0.4, 0.5) is 5.69 Å². The highest BCUT2D eigenvalue weighted by atomic mass is 16.7. The molecule has 0 amide bonds. The van der Waals surface area contributed by atoms with Gasteiger partial charge in [-0.3, -0.25) is 0 Å². The second-order valence-corrected chi connectivity index (χ2v) is 9.22. The topological polar surface area (TPSA) is 247 Å². The van der Waals surface area contributed by atoms with E-state index in [1.54, 1.807) is 0 Å². The predicted molar refractivity (Wildman–Crippen MR) is 127 cm³/mol. The molecule has 0 unspecified atom stereocenters. The molecule has 7 atom stereocenters. The number of aromatic hydroxyl groups is 1. The van der Waals surface area contributed by atoms with Gasteiger partial charge in [-0.25, -0.2) is 14.4 Å². The standard InChI is InChI=1S/C24H26N2O13/c27-8-17-18(29)19(30)20(31)24(39-17)38-16-6-10-5-14(23(36)37)26(13(10)7-15(16)28)2-1-9-3-11(21(32)33)25-12(4-9)22(34)35/h1-3,6-7,12,14,17-20,24,27,29-31H,4-5,8H2,(H4,28,32,33,34,35,36,37)/p+1/t12-,14-,17+,18+,19-,20+,24+/m0/s1. The Hall–Kier alpha value is -4.02. The van der Waals surface area contributed by atoms with Crippen LogP contribution >= 0.6 is 0 Å². The monoisotopic (exact) mass is 551 g/mol. The minimum Gasteiger partial charge on any atom is -0.504 e. The van der Waals surface area contributed by atoms with Gasteiger partial charge in [-0.05, 0) is 17.7 Å². The van der Waals surface area contributed by atoms with Gasteiger partial charge >= 0.3 is 17.9 Å². The van der Waals surface area contributed by atoms with Gasteiger partial charge in [0.2, 0.25) is 12.0 Å². The third-order valence-electron chi connectivity index (χ3n) is 6.64. The van der Waals surface area contributed by atoms with Crippen LogP contribution in [-0.2, 0) is 25.5 Å². The van der Waals surface area contributed by atoms with Crippen molar-refractivity contribution in [2.75, 3.05) is 6.61 Å². The maximum atomic E-state index is 12.0. The van der Waals surface area contributed by atoms with Gasteiger partial charge in [0.05, 0.1) is 19.1 Å². The molecule has 1 saturated heterocycles. The number of phenols is 1. The number of aliphatic hydroxyl groups is 4. The lowest BCUT2D eigenvalue weighted by molar-refractivity contribution is -0.456. The van der Waals surface area contributed by atoms with E-state index in [0.717, 1.165) is 0 Å². The molecule has 15 heteroatoms. The zero-order chi connectivity index (χ0) is 28.6. The van der Waals surface area contributed by atoms with Crippen LogP contribution in [0.2, 0.25) is 0 Å². The van der Waals surface area contributed by atoms with Crippen LogP contribution in [0, 0.1) is 0 Å². The number of rotatable bonds is 7. The lowest BCUT2D eigenvalue weighted by atomic mass is 9.99. The Labute approximate surface area is 219 Å². The molecule has 3 aliphatic rings. The first kappa shape index (κ1) is 28.0. The van der Waals surface area contributed by atoms with Gasteiger partial charge in [-0.1, -0.05) is 0 Å². The number of hydrogen-bond acceptors (Lipinski definition) is 11. The van der Waals surface area contributed by atoms with Crippen molar-refractivity contribution in [1.82, 2.24) is 5.32 Å². The van der Waals surface area contributed by atoms with Crippen molar-refractivity contribution in [3.05, 3.63) is 41.1 Å². The molecule has 39 heavy (non-hydrogen) atoms. The largest absolute Gasteiger partial charge is 0.504 e. The van der Waals surface area contributed by atoms with Crippen molar-refractivity contribution in [2.24, 2.45) is 0 Å². The normalized spacial score (nSPS) is 32.3. The summed E-state index contributed by atoms with van der Waals surface area (Å²) in [4.78, 5) is 34.8. The van der Waals surface area contributed by atoms with Crippen LogP contribution in [0.1, 0.15) is 12.0 Å². The number of aliphatic hydroxyl groups excluding tert-OH is 4. The average molecular weight is 551 g/mol. The molecule has 9 N–H and O–H groups in total. The minimum absolute atomic E-state index is 0.0504. The highest BCUT2D eigenvalue weighted by Crippen LogP contribution is 2.40. The summed E-state index contributed by atoms with van der Waals surface area (Å²) in [5, 5.41) is 80.9. The van der Waals surface area contributed by atoms with Crippen molar-refractivity contribution in [3.8, 4) is 11.5 Å². The van der Waals surface area contributed by atoms with Crippen LogP contribution in [0.25, 0.3) is 0 Å². The summed E-state index contributed by atoms with van der Waals surface area (Å²) in [5.41, 5.74) is 0.648. The molecule has 0 spiro atoms. The van der Waals surface area contributed by atoms with Crippen LogP contribution in [-0.4, -0.2) is 119 Å². The van der Waals surface area contributed by atoms with Crippen molar-refractivity contribution in [3.63, 3.8) is 0 Å². The smallest absolute Gasteiger partial charge is 0.373 e. The molecule has 3 aliphatic heterocycles. The Morgan fingerprint density at radius 1 is 1.05 bits per heavy atom. The summed E-state index contributed by atoms with van der Waals surface area (Å²) >= 11 is 0. The quantitative estimate of drug-likeness (QED) is 0.161. The number of carboxylic acid groups (broad SMARTS) is 3. The molecule has 1 aromatic carbocycles. The van der Waals surface area contributed by atoms with Crippen molar-refractivity contribution >= 4 is 29.8 Å². The summed E-state index contributed by atoms with van der Waals surface area (Å²) in [6.45, 7) is -0.687. The van der Waals surface area contributed by atoms with E-state index in [2.05, 4.69) is 5.32 Å². The Kier molecular flexibility index (Phi) is 7.89. The molecule has 0 bridgehead atoms. The molecular weight excluding hydrogens is 524 g/mol. The number of phenolic OH excluding ortho intramolecular Hbond substituents is 1. The number of hydrogen-bond donors (Lipinski definition) is 9. The zero-order valence-corrected chi connectivity index (χ0v) is 20.1. The Morgan fingerprint density at radius 3 is 2.38 bits per heavy atom. The second-order valence-electron chi connectivity index (χ2n) is 9.22. The second kappa shape index (κ2) is 11.0. The fourth-order valence-corrected chi connectivity index (χ4v) is 4.58. The summed E-state index contributed by atoms with van der Waals surface area (Å²) in [5.74, 6) is -4.55. The molecule has 15 nitrogen and oxygen atoms in total. The maximum Gasteiger partial charge on any atom is 0.373 e. The summed E-state index contributed by atoms with van der Waals surface area (Å²) in [6.07, 6.45) is -4.03. The third-order valence-corrected chi connectivity index (χ3v) is 6.64. The summed E-state index contributed by atoms with van der Waals surface area (Å²) in [6, 6.07) is 0.177. The fraction of sp³-hybridized carbons (Fsp3) is 0.417. The highest BCUT2D eigenvalue weighted by Gasteiger charge is 2.46. The Bertz CT molecular complexity index is 1270. The van der Waals surface area contributed by atoms with Gasteiger partial charge < -0.3 is 55.6 Å². The SMILES string of the molecule is O=C(O)C1=CC(=CC=[N+]2c3cc(O)c(O[C@@H]4O[C@H](CO)[C@@H](O)[C@H](O)[C@H]4O)cc3C[C@H]2C(=O)O)C[C@@H](C(=O)O)N1. The summed E-state index contributed by atoms with van der Waals surface area (Å²) < 4.78 is 12.1. The van der Waals surface area contributed by atoms with Gasteiger partial charge in [0.1, 0.15) is 36.2 Å². The number of aliphatic carboxylic acids is 3. The minimum atomic E-state index is -1.73. The van der Waals surface area contributed by atoms with Crippen molar-refractivity contribution in [2.45, 2.75) is 55.6 Å². The maximum absolute atomic E-state index is 12.0. The van der Waals surface area contributed by atoms with Crippen LogP contribution in [0.3, 0.4) is 0 Å². The molecule has 0 aliphatic carbocycles. The van der Waals surface area contributed by atoms with E-state index in [1.165, 1.54) is 35.1 Å². The molecule has 210 valence electrons. The van der Waals surface area contributed by atoms with E-state index in [4.69, 9.17) is 9.47 Å². The van der Waals surface area contributed by atoms with Crippen LogP contribution in [0.15, 0.2) is 35.6 Å². The number of nitrogens with one attached hydrogen (secondary N) is 1. The number of fused-ring (bicyclic) bond motifs is 1. The molecule has 1 fully saturated rings. The van der Waals surface area contributed by atoms with Gasteiger partial charge in [0, 0.05) is 18.1 Å².